The summed E-state index contributed by atoms with van der Waals surface area (Å²) >= 11 is 1.29. The zero-order valence-electron chi connectivity index (χ0n) is 20.9. The van der Waals surface area contributed by atoms with Gasteiger partial charge in [-0.1, -0.05) is 0 Å². The molecule has 0 aliphatic rings. The van der Waals surface area contributed by atoms with Crippen LogP contribution in [0.3, 0.4) is 0 Å². The molecule has 10 nitrogen and oxygen atoms in total. The monoisotopic (exact) mass is 546 g/mol. The van der Waals surface area contributed by atoms with Crippen LogP contribution >= 0.6 is 20.0 Å². The number of anilines is 1. The smallest absolute Gasteiger partial charge is 0.366 e. The van der Waals surface area contributed by atoms with Crippen LogP contribution in [0.25, 0.3) is 0 Å². The Bertz CT molecular complexity index is 1240. The van der Waals surface area contributed by atoms with Gasteiger partial charge in [0.15, 0.2) is 5.13 Å². The summed E-state index contributed by atoms with van der Waals surface area (Å²) in [6.07, 6.45) is 1.45. The molecule has 0 bridgehead atoms. The summed E-state index contributed by atoms with van der Waals surface area (Å²) in [5.74, 6) is -2.63. The fourth-order valence-corrected chi connectivity index (χ4v) is 3.65. The quantitative estimate of drug-likeness (QED) is 0.181. The van der Waals surface area contributed by atoms with Crippen molar-refractivity contribution in [1.82, 2.24) is 4.98 Å². The van der Waals surface area contributed by atoms with Gasteiger partial charge in [0, 0.05) is 23.2 Å². The molecule has 0 aliphatic heterocycles. The molecule has 0 fully saturated rings. The lowest BCUT2D eigenvalue weighted by Gasteiger charge is -2.28. The fourth-order valence-electron chi connectivity index (χ4n) is 2.89. The number of aliphatic hydroxyl groups is 1. The number of hydrogen-bond donors (Lipinski definition) is 2. The van der Waals surface area contributed by atoms with Gasteiger partial charge in [-0.25, -0.2) is 14.1 Å². The summed E-state index contributed by atoms with van der Waals surface area (Å²) < 4.78 is 32.7. The highest BCUT2D eigenvalue weighted by Crippen LogP contribution is 2.34. The first kappa shape index (κ1) is 28.2. The Morgan fingerprint density at radius 1 is 1.05 bits per heavy atom. The number of carbonyl (C=O) groups excluding carboxylic acids is 2. The maximum atomic E-state index is 12.8. The van der Waals surface area contributed by atoms with Crippen LogP contribution in [0.5, 0.6) is 17.2 Å². The number of rotatable bonds is 10. The third-order valence-electron chi connectivity index (χ3n) is 4.63. The molecule has 0 aliphatic carbocycles. The van der Waals surface area contributed by atoms with E-state index < -0.39 is 26.0 Å². The summed E-state index contributed by atoms with van der Waals surface area (Å²) in [5.41, 5.74) is -0.625. The highest BCUT2D eigenvalue weighted by molar-refractivity contribution is 7.17. The first-order chi connectivity index (χ1) is 17.4. The Labute approximate surface area is 219 Å². The number of nitrogens with zero attached hydrogens (tertiary/aromatic N) is 1. The van der Waals surface area contributed by atoms with E-state index in [-0.39, 0.29) is 17.6 Å². The van der Waals surface area contributed by atoms with E-state index in [0.717, 1.165) is 0 Å². The number of carbonyl (C=O) groups is 2. The van der Waals surface area contributed by atoms with Crippen LogP contribution in [0, 0.1) is 5.41 Å². The zero-order chi connectivity index (χ0) is 27.2. The highest BCUT2D eigenvalue weighted by Gasteiger charge is 2.40. The standard InChI is InChI=1S/C25H27N2O8PS/c1-15(2)32-19-12-16(21(28)27-23-26-10-11-37-23)13-20(14-19)33-18-8-6-17(7-9-18)25(30,35-36-31)34-22(29)24(3,4)5/h6-15,30H,1-5H3,(H,26,27,28). The van der Waals surface area contributed by atoms with Gasteiger partial charge in [-0.3, -0.25) is 14.9 Å². The Balaban J connectivity index is 1.85. The molecule has 0 saturated carbocycles. The summed E-state index contributed by atoms with van der Waals surface area (Å²) in [6, 6.07) is 10.5. The summed E-state index contributed by atoms with van der Waals surface area (Å²) in [7, 11) is -0.889. The molecule has 12 heteroatoms. The SMILES string of the molecule is CC(C)Oc1cc(Oc2ccc(C(O)(OP=O)OC(=O)C(C)(C)C)cc2)cc(C(=O)Nc2nccs2)c1. The molecule has 37 heavy (non-hydrogen) atoms. The van der Waals surface area contributed by atoms with Crippen molar-refractivity contribution < 1.29 is 38.0 Å². The molecule has 196 valence electrons. The zero-order valence-corrected chi connectivity index (χ0v) is 22.6. The van der Waals surface area contributed by atoms with Gasteiger partial charge >= 0.3 is 20.6 Å². The second kappa shape index (κ2) is 11.8. The van der Waals surface area contributed by atoms with E-state index >= 15 is 0 Å². The van der Waals surface area contributed by atoms with Crippen LogP contribution < -0.4 is 14.8 Å². The number of ether oxygens (including phenoxy) is 3. The van der Waals surface area contributed by atoms with Crippen LogP contribution in [0.4, 0.5) is 5.13 Å². The topological polar surface area (TPSA) is 133 Å². The maximum Gasteiger partial charge on any atom is 0.366 e. The Morgan fingerprint density at radius 3 is 2.30 bits per heavy atom. The van der Waals surface area contributed by atoms with Crippen molar-refractivity contribution in [3.8, 4) is 17.2 Å². The Hall–Kier alpha value is -3.37. The number of benzene rings is 2. The molecule has 1 aromatic heterocycles. The average molecular weight is 547 g/mol. The van der Waals surface area contributed by atoms with Crippen molar-refractivity contribution in [2.45, 2.75) is 46.7 Å². The summed E-state index contributed by atoms with van der Waals surface area (Å²) in [4.78, 5) is 29.1. The molecule has 2 aromatic carbocycles. The lowest BCUT2D eigenvalue weighted by Crippen LogP contribution is -2.37. The van der Waals surface area contributed by atoms with Crippen LogP contribution in [-0.2, 0) is 24.6 Å². The fraction of sp³-hybridized carbons (Fsp3) is 0.320. The van der Waals surface area contributed by atoms with Crippen LogP contribution in [0.1, 0.15) is 50.5 Å². The van der Waals surface area contributed by atoms with Gasteiger partial charge in [0.25, 0.3) is 5.91 Å². The molecule has 1 heterocycles. The first-order valence-electron chi connectivity index (χ1n) is 11.2. The number of thiazole rings is 1. The Morgan fingerprint density at radius 2 is 1.73 bits per heavy atom. The number of esters is 1. The molecule has 1 atom stereocenters. The predicted octanol–water partition coefficient (Wildman–Crippen LogP) is 5.89. The summed E-state index contributed by atoms with van der Waals surface area (Å²) in [6.45, 7) is 8.52. The maximum absolute atomic E-state index is 12.8. The molecule has 0 spiro atoms. The molecular weight excluding hydrogens is 519 g/mol. The normalized spacial score (nSPS) is 13.2. The van der Waals surface area contributed by atoms with E-state index in [0.29, 0.717) is 27.9 Å². The van der Waals surface area contributed by atoms with Gasteiger partial charge in [0.05, 0.1) is 17.1 Å². The molecule has 0 saturated heterocycles. The van der Waals surface area contributed by atoms with Gasteiger partial charge < -0.3 is 19.3 Å². The third kappa shape index (κ3) is 7.80. The molecule has 3 rings (SSSR count). The molecule has 3 aromatic rings. The summed E-state index contributed by atoms with van der Waals surface area (Å²) in [5, 5.41) is 15.7. The number of aromatic nitrogens is 1. The van der Waals surface area contributed by atoms with Gasteiger partial charge in [-0.05, 0) is 71.0 Å². The molecule has 1 amide bonds. The Kier molecular flexibility index (Phi) is 8.98. The first-order valence-corrected chi connectivity index (χ1v) is 12.8. The number of amides is 1. The van der Waals surface area contributed by atoms with E-state index in [2.05, 4.69) is 10.3 Å². The predicted molar refractivity (Wildman–Crippen MR) is 137 cm³/mol. The van der Waals surface area contributed by atoms with Crippen LogP contribution in [-0.4, -0.2) is 28.1 Å². The highest BCUT2D eigenvalue weighted by atomic mass is 32.1. The van der Waals surface area contributed by atoms with Crippen LogP contribution in [0.2, 0.25) is 0 Å². The van der Waals surface area contributed by atoms with Crippen molar-refractivity contribution in [2.24, 2.45) is 5.41 Å². The molecule has 2 N–H and O–H groups in total. The van der Waals surface area contributed by atoms with Crippen molar-refractivity contribution in [3.63, 3.8) is 0 Å². The molecule has 1 unspecified atom stereocenters. The van der Waals surface area contributed by atoms with Crippen molar-refractivity contribution in [3.05, 3.63) is 65.2 Å². The van der Waals surface area contributed by atoms with Gasteiger partial charge in [-0.15, -0.1) is 11.3 Å². The van der Waals surface area contributed by atoms with Crippen molar-refractivity contribution in [1.29, 1.82) is 0 Å². The largest absolute Gasteiger partial charge is 0.491 e. The molecular formula is C25H27N2O8PS. The van der Waals surface area contributed by atoms with Crippen molar-refractivity contribution >= 4 is 37.0 Å². The van der Waals surface area contributed by atoms with Crippen molar-refractivity contribution in [2.75, 3.05) is 5.32 Å². The minimum atomic E-state index is -2.57. The van der Waals surface area contributed by atoms with Gasteiger partial charge in [-0.2, -0.15) is 0 Å². The van der Waals surface area contributed by atoms with E-state index in [1.54, 1.807) is 50.5 Å². The van der Waals surface area contributed by atoms with E-state index in [1.807, 2.05) is 13.8 Å². The third-order valence-corrected chi connectivity index (χ3v) is 5.64. The minimum Gasteiger partial charge on any atom is -0.491 e. The number of hydrogen-bond acceptors (Lipinski definition) is 10. The average Bonchev–Trinajstić information content (AvgIpc) is 3.31. The second-order valence-corrected chi connectivity index (χ2v) is 10.4. The van der Waals surface area contributed by atoms with Crippen LogP contribution in [0.15, 0.2) is 54.0 Å². The second-order valence-electron chi connectivity index (χ2n) is 9.16. The number of nitrogens with one attached hydrogen (secondary N) is 1. The van der Waals surface area contributed by atoms with E-state index in [4.69, 9.17) is 18.7 Å². The lowest BCUT2D eigenvalue weighted by atomic mass is 9.97. The minimum absolute atomic E-state index is 0.0150. The molecule has 0 radical (unpaired) electrons. The lowest BCUT2D eigenvalue weighted by molar-refractivity contribution is -0.313. The van der Waals surface area contributed by atoms with Gasteiger partial charge in [0.1, 0.15) is 17.2 Å². The van der Waals surface area contributed by atoms with E-state index in [9.17, 15) is 19.3 Å². The van der Waals surface area contributed by atoms with E-state index in [1.165, 1.54) is 35.6 Å². The van der Waals surface area contributed by atoms with Gasteiger partial charge in [0.2, 0.25) is 0 Å².